The van der Waals surface area contributed by atoms with Crippen LogP contribution in [0.15, 0.2) is 24.3 Å². The Hall–Kier alpha value is -1.42. The summed E-state index contributed by atoms with van der Waals surface area (Å²) in [7, 11) is 0. The molecule has 2 rings (SSSR count). The molecule has 1 aromatic rings. The van der Waals surface area contributed by atoms with Crippen molar-refractivity contribution >= 4 is 5.91 Å². The zero-order valence-electron chi connectivity index (χ0n) is 10.4. The van der Waals surface area contributed by atoms with Crippen LogP contribution in [0.2, 0.25) is 0 Å². The van der Waals surface area contributed by atoms with E-state index in [9.17, 15) is 9.18 Å². The van der Waals surface area contributed by atoms with E-state index in [1.807, 2.05) is 0 Å². The number of carbonyl (C=O) groups excluding carboxylic acids is 1. The van der Waals surface area contributed by atoms with Crippen molar-refractivity contribution in [2.45, 2.75) is 38.3 Å². The fourth-order valence-corrected chi connectivity index (χ4v) is 2.17. The lowest BCUT2D eigenvalue weighted by molar-refractivity contribution is -0.123. The van der Waals surface area contributed by atoms with Crippen LogP contribution in [-0.2, 0) is 11.3 Å². The maximum Gasteiger partial charge on any atom is 0.237 e. The Bertz CT molecular complexity index is 383. The van der Waals surface area contributed by atoms with E-state index in [0.29, 0.717) is 6.54 Å². The fraction of sp³-hybridized carbons (Fsp3) is 0.500. The van der Waals surface area contributed by atoms with Crippen LogP contribution in [0.25, 0.3) is 0 Å². The third kappa shape index (κ3) is 3.81. The highest BCUT2D eigenvalue weighted by atomic mass is 19.1. The molecular formula is C14H19FN2O. The summed E-state index contributed by atoms with van der Waals surface area (Å²) in [6.07, 6.45) is 4.33. The van der Waals surface area contributed by atoms with Gasteiger partial charge in [0.2, 0.25) is 5.91 Å². The maximum atomic E-state index is 12.7. The zero-order valence-corrected chi connectivity index (χ0v) is 10.4. The summed E-state index contributed by atoms with van der Waals surface area (Å²) < 4.78 is 12.7. The molecule has 1 heterocycles. The topological polar surface area (TPSA) is 41.1 Å². The van der Waals surface area contributed by atoms with Crippen LogP contribution in [0.3, 0.4) is 0 Å². The van der Waals surface area contributed by atoms with Crippen LogP contribution < -0.4 is 10.6 Å². The third-order valence-electron chi connectivity index (χ3n) is 3.26. The normalized spacial score (nSPS) is 20.2. The Labute approximate surface area is 107 Å². The van der Waals surface area contributed by atoms with E-state index in [4.69, 9.17) is 0 Å². The fourth-order valence-electron chi connectivity index (χ4n) is 2.17. The third-order valence-corrected chi connectivity index (χ3v) is 3.26. The minimum Gasteiger partial charge on any atom is -0.351 e. The number of benzene rings is 1. The predicted molar refractivity (Wildman–Crippen MR) is 68.5 cm³/mol. The quantitative estimate of drug-likeness (QED) is 0.861. The predicted octanol–water partition coefficient (Wildman–Crippen LogP) is 1.97. The van der Waals surface area contributed by atoms with E-state index in [0.717, 1.165) is 31.4 Å². The van der Waals surface area contributed by atoms with Crippen LogP contribution in [-0.4, -0.2) is 18.5 Å². The molecule has 3 nitrogen and oxygen atoms in total. The van der Waals surface area contributed by atoms with Gasteiger partial charge in [-0.1, -0.05) is 25.0 Å². The number of hydrogen-bond donors (Lipinski definition) is 2. The maximum absolute atomic E-state index is 12.7. The van der Waals surface area contributed by atoms with E-state index in [1.165, 1.54) is 18.6 Å². The second kappa shape index (κ2) is 6.50. The SMILES string of the molecule is O=C(NCc1ccc(F)cc1)C1CCCCCN1. The summed E-state index contributed by atoms with van der Waals surface area (Å²) in [6, 6.07) is 6.12. The Morgan fingerprint density at radius 1 is 1.28 bits per heavy atom. The number of hydrogen-bond acceptors (Lipinski definition) is 2. The highest BCUT2D eigenvalue weighted by Gasteiger charge is 2.18. The molecule has 1 fully saturated rings. The van der Waals surface area contributed by atoms with Gasteiger partial charge < -0.3 is 10.6 Å². The van der Waals surface area contributed by atoms with Gasteiger partial charge in [-0.15, -0.1) is 0 Å². The first-order chi connectivity index (χ1) is 8.75. The van der Waals surface area contributed by atoms with Crippen molar-refractivity contribution < 1.29 is 9.18 Å². The highest BCUT2D eigenvalue weighted by molar-refractivity contribution is 5.81. The van der Waals surface area contributed by atoms with E-state index >= 15 is 0 Å². The largest absolute Gasteiger partial charge is 0.351 e. The second-order valence-corrected chi connectivity index (χ2v) is 4.70. The highest BCUT2D eigenvalue weighted by Crippen LogP contribution is 2.09. The minimum absolute atomic E-state index is 0.0428. The van der Waals surface area contributed by atoms with Gasteiger partial charge in [0.1, 0.15) is 5.82 Å². The van der Waals surface area contributed by atoms with Gasteiger partial charge in [0.05, 0.1) is 6.04 Å². The van der Waals surface area contributed by atoms with E-state index in [-0.39, 0.29) is 17.8 Å². The Morgan fingerprint density at radius 3 is 2.83 bits per heavy atom. The van der Waals surface area contributed by atoms with Crippen molar-refractivity contribution in [1.82, 2.24) is 10.6 Å². The standard InChI is InChI=1S/C14H19FN2O/c15-12-7-5-11(6-8-12)10-17-14(18)13-4-2-1-3-9-16-13/h5-8,13,16H,1-4,9-10H2,(H,17,18). The first-order valence-electron chi connectivity index (χ1n) is 6.51. The zero-order chi connectivity index (χ0) is 12.8. The summed E-state index contributed by atoms with van der Waals surface area (Å²) in [5.74, 6) is -0.211. The Kier molecular flexibility index (Phi) is 4.70. The second-order valence-electron chi connectivity index (χ2n) is 4.70. The van der Waals surface area contributed by atoms with Crippen molar-refractivity contribution in [2.24, 2.45) is 0 Å². The molecule has 0 radical (unpaired) electrons. The monoisotopic (exact) mass is 250 g/mol. The van der Waals surface area contributed by atoms with Gasteiger partial charge in [0, 0.05) is 6.54 Å². The smallest absolute Gasteiger partial charge is 0.237 e. The lowest BCUT2D eigenvalue weighted by Crippen LogP contribution is -2.43. The molecule has 1 saturated heterocycles. The van der Waals surface area contributed by atoms with Gasteiger partial charge in [-0.2, -0.15) is 0 Å². The molecule has 0 aromatic heterocycles. The number of amides is 1. The molecule has 0 spiro atoms. The van der Waals surface area contributed by atoms with Gasteiger partial charge in [0.15, 0.2) is 0 Å². The van der Waals surface area contributed by atoms with E-state index in [2.05, 4.69) is 10.6 Å². The van der Waals surface area contributed by atoms with Gasteiger partial charge in [-0.3, -0.25) is 4.79 Å². The van der Waals surface area contributed by atoms with Gasteiger partial charge >= 0.3 is 0 Å². The van der Waals surface area contributed by atoms with Gasteiger partial charge in [0.25, 0.3) is 0 Å². The van der Waals surface area contributed by atoms with Crippen LogP contribution in [0, 0.1) is 5.82 Å². The number of rotatable bonds is 3. The molecular weight excluding hydrogens is 231 g/mol. The molecule has 98 valence electrons. The van der Waals surface area contributed by atoms with Crippen LogP contribution in [0.5, 0.6) is 0 Å². The minimum atomic E-state index is -0.254. The summed E-state index contributed by atoms with van der Waals surface area (Å²) in [6.45, 7) is 1.37. The van der Waals surface area contributed by atoms with Crippen LogP contribution >= 0.6 is 0 Å². The summed E-state index contributed by atoms with van der Waals surface area (Å²) in [5, 5.41) is 6.15. The van der Waals surface area contributed by atoms with Crippen molar-refractivity contribution in [3.8, 4) is 0 Å². The summed E-state index contributed by atoms with van der Waals surface area (Å²) >= 11 is 0. The Morgan fingerprint density at radius 2 is 2.06 bits per heavy atom. The number of halogens is 1. The molecule has 0 aliphatic carbocycles. The van der Waals surface area contributed by atoms with Crippen molar-refractivity contribution in [2.75, 3.05) is 6.54 Å². The molecule has 0 saturated carbocycles. The van der Waals surface area contributed by atoms with Crippen molar-refractivity contribution in [1.29, 1.82) is 0 Å². The lowest BCUT2D eigenvalue weighted by atomic mass is 10.1. The van der Waals surface area contributed by atoms with Crippen molar-refractivity contribution in [3.63, 3.8) is 0 Å². The van der Waals surface area contributed by atoms with E-state index < -0.39 is 0 Å². The molecule has 1 aromatic carbocycles. The molecule has 1 unspecified atom stereocenters. The van der Waals surface area contributed by atoms with Gasteiger partial charge in [-0.05, 0) is 37.1 Å². The van der Waals surface area contributed by atoms with Crippen LogP contribution in [0.4, 0.5) is 4.39 Å². The summed E-state index contributed by atoms with van der Waals surface area (Å²) in [5.41, 5.74) is 0.915. The lowest BCUT2D eigenvalue weighted by Gasteiger charge is -2.15. The molecule has 4 heteroatoms. The summed E-state index contributed by atoms with van der Waals surface area (Å²) in [4.78, 5) is 11.9. The molecule has 2 N–H and O–H groups in total. The number of carbonyl (C=O) groups is 1. The first kappa shape index (κ1) is 13.0. The molecule has 1 amide bonds. The average molecular weight is 250 g/mol. The number of nitrogens with one attached hydrogen (secondary N) is 2. The molecule has 0 bridgehead atoms. The average Bonchev–Trinajstić information content (AvgIpc) is 2.66. The Balaban J connectivity index is 1.81. The molecule has 18 heavy (non-hydrogen) atoms. The van der Waals surface area contributed by atoms with Crippen molar-refractivity contribution in [3.05, 3.63) is 35.6 Å². The van der Waals surface area contributed by atoms with E-state index in [1.54, 1.807) is 12.1 Å². The molecule has 1 atom stereocenters. The molecule has 1 aliphatic heterocycles. The molecule has 1 aliphatic rings. The van der Waals surface area contributed by atoms with Gasteiger partial charge in [-0.25, -0.2) is 4.39 Å². The first-order valence-corrected chi connectivity index (χ1v) is 6.51. The van der Waals surface area contributed by atoms with Crippen LogP contribution in [0.1, 0.15) is 31.2 Å².